The van der Waals surface area contributed by atoms with Gasteiger partial charge >= 0.3 is 0 Å². The lowest BCUT2D eigenvalue weighted by Crippen LogP contribution is -2.37. The Labute approximate surface area is 114 Å². The third kappa shape index (κ3) is 2.82. The van der Waals surface area contributed by atoms with Crippen LogP contribution in [0.4, 0.5) is 0 Å². The van der Waals surface area contributed by atoms with E-state index in [1.54, 1.807) is 7.11 Å². The first-order valence-electron chi connectivity index (χ1n) is 6.87. The second-order valence-electron chi connectivity index (χ2n) is 7.01. The monoisotopic (exact) mass is 267 g/mol. The summed E-state index contributed by atoms with van der Waals surface area (Å²) in [5.41, 5.74) is 5.32. The Morgan fingerprint density at radius 2 is 1.79 bits per heavy atom. The summed E-state index contributed by atoms with van der Waals surface area (Å²) in [6, 6.07) is 0. The standard InChI is InChI=1S/C14H25N3O2/c1-12(2)6-8-14(18-5,9-7-12)10-16-11(19-17-10)13(3,4)15/h6-9,15H2,1-5H3. The Kier molecular flexibility index (Phi) is 3.47. The van der Waals surface area contributed by atoms with Gasteiger partial charge in [-0.05, 0) is 44.9 Å². The maximum Gasteiger partial charge on any atom is 0.246 e. The molecule has 2 rings (SSSR count). The van der Waals surface area contributed by atoms with Gasteiger partial charge in [-0.1, -0.05) is 19.0 Å². The molecule has 0 atom stereocenters. The molecule has 5 nitrogen and oxygen atoms in total. The molecule has 0 unspecified atom stereocenters. The normalized spacial score (nSPS) is 22.4. The van der Waals surface area contributed by atoms with E-state index in [2.05, 4.69) is 24.0 Å². The molecule has 1 aromatic heterocycles. The van der Waals surface area contributed by atoms with Crippen molar-refractivity contribution in [2.24, 2.45) is 11.1 Å². The molecule has 0 aromatic carbocycles. The van der Waals surface area contributed by atoms with Gasteiger partial charge in [0.25, 0.3) is 0 Å². The highest BCUT2D eigenvalue weighted by molar-refractivity contribution is 5.07. The third-order valence-electron chi connectivity index (χ3n) is 4.19. The topological polar surface area (TPSA) is 74.2 Å². The van der Waals surface area contributed by atoms with Crippen LogP contribution in [0.5, 0.6) is 0 Å². The quantitative estimate of drug-likeness (QED) is 0.911. The lowest BCUT2D eigenvalue weighted by atomic mass is 9.70. The predicted molar refractivity (Wildman–Crippen MR) is 72.4 cm³/mol. The average molecular weight is 267 g/mol. The van der Waals surface area contributed by atoms with Gasteiger partial charge < -0.3 is 15.0 Å². The summed E-state index contributed by atoms with van der Waals surface area (Å²) in [6.45, 7) is 8.29. The summed E-state index contributed by atoms with van der Waals surface area (Å²) in [5.74, 6) is 1.10. The van der Waals surface area contributed by atoms with E-state index in [9.17, 15) is 0 Å². The lowest BCUT2D eigenvalue weighted by Gasteiger charge is -2.40. The molecular weight excluding hydrogens is 242 g/mol. The van der Waals surface area contributed by atoms with Crippen LogP contribution in [0, 0.1) is 5.41 Å². The number of methoxy groups -OCH3 is 1. The zero-order valence-electron chi connectivity index (χ0n) is 12.6. The van der Waals surface area contributed by atoms with Gasteiger partial charge in [-0.2, -0.15) is 4.98 Å². The molecule has 0 saturated heterocycles. The van der Waals surface area contributed by atoms with Crippen LogP contribution in [-0.2, 0) is 15.9 Å². The smallest absolute Gasteiger partial charge is 0.246 e. The van der Waals surface area contributed by atoms with Gasteiger partial charge in [-0.3, -0.25) is 0 Å². The van der Waals surface area contributed by atoms with Crippen molar-refractivity contribution >= 4 is 0 Å². The van der Waals surface area contributed by atoms with Crippen molar-refractivity contribution in [3.05, 3.63) is 11.7 Å². The molecule has 1 aliphatic rings. The first-order valence-corrected chi connectivity index (χ1v) is 6.87. The summed E-state index contributed by atoms with van der Waals surface area (Å²) in [4.78, 5) is 4.47. The maximum absolute atomic E-state index is 5.99. The Morgan fingerprint density at radius 3 is 2.21 bits per heavy atom. The van der Waals surface area contributed by atoms with E-state index < -0.39 is 11.1 Å². The first-order chi connectivity index (χ1) is 8.69. The van der Waals surface area contributed by atoms with Gasteiger partial charge in [0.15, 0.2) is 0 Å². The molecule has 1 fully saturated rings. The number of rotatable bonds is 3. The summed E-state index contributed by atoms with van der Waals surface area (Å²) in [5, 5.41) is 4.11. The summed E-state index contributed by atoms with van der Waals surface area (Å²) in [7, 11) is 1.72. The largest absolute Gasteiger partial charge is 0.370 e. The first kappa shape index (κ1) is 14.5. The van der Waals surface area contributed by atoms with Crippen molar-refractivity contribution in [3.8, 4) is 0 Å². The Morgan fingerprint density at radius 1 is 1.21 bits per heavy atom. The maximum atomic E-state index is 5.99. The molecule has 1 saturated carbocycles. The highest BCUT2D eigenvalue weighted by atomic mass is 16.5. The van der Waals surface area contributed by atoms with Crippen LogP contribution in [0.3, 0.4) is 0 Å². The van der Waals surface area contributed by atoms with Gasteiger partial charge in [0.1, 0.15) is 5.60 Å². The molecule has 0 spiro atoms. The van der Waals surface area contributed by atoms with E-state index in [4.69, 9.17) is 15.0 Å². The molecule has 1 aromatic rings. The fraction of sp³-hybridized carbons (Fsp3) is 0.857. The fourth-order valence-corrected chi connectivity index (χ4v) is 2.52. The number of nitrogens with two attached hydrogens (primary N) is 1. The van der Waals surface area contributed by atoms with Crippen molar-refractivity contribution in [2.75, 3.05) is 7.11 Å². The number of aromatic nitrogens is 2. The van der Waals surface area contributed by atoms with E-state index in [0.29, 0.717) is 17.1 Å². The molecule has 0 aliphatic heterocycles. The van der Waals surface area contributed by atoms with Crippen molar-refractivity contribution in [3.63, 3.8) is 0 Å². The average Bonchev–Trinajstić information content (AvgIpc) is 2.79. The van der Waals surface area contributed by atoms with Crippen LogP contribution in [0.1, 0.15) is 65.1 Å². The van der Waals surface area contributed by atoms with Crippen molar-refractivity contribution in [1.82, 2.24) is 10.1 Å². The summed E-state index contributed by atoms with van der Waals surface area (Å²) >= 11 is 0. The number of hydrogen-bond donors (Lipinski definition) is 1. The molecule has 0 radical (unpaired) electrons. The molecular formula is C14H25N3O2. The van der Waals surface area contributed by atoms with E-state index in [1.807, 2.05) is 13.8 Å². The van der Waals surface area contributed by atoms with Crippen LogP contribution in [0.25, 0.3) is 0 Å². The summed E-state index contributed by atoms with van der Waals surface area (Å²) in [6.07, 6.45) is 4.02. The lowest BCUT2D eigenvalue weighted by molar-refractivity contribution is -0.0740. The minimum Gasteiger partial charge on any atom is -0.370 e. The molecule has 0 bridgehead atoms. The molecule has 2 N–H and O–H groups in total. The second-order valence-corrected chi connectivity index (χ2v) is 7.01. The SMILES string of the molecule is COC1(c2noc(C(C)(C)N)n2)CCC(C)(C)CC1. The van der Waals surface area contributed by atoms with E-state index in [-0.39, 0.29) is 0 Å². The third-order valence-corrected chi connectivity index (χ3v) is 4.19. The Bertz CT molecular complexity index is 436. The molecule has 1 aliphatic carbocycles. The second kappa shape index (κ2) is 4.56. The molecule has 108 valence electrons. The van der Waals surface area contributed by atoms with E-state index in [1.165, 1.54) is 0 Å². The zero-order valence-corrected chi connectivity index (χ0v) is 12.6. The highest BCUT2D eigenvalue weighted by Gasteiger charge is 2.43. The van der Waals surface area contributed by atoms with Crippen LogP contribution in [0.2, 0.25) is 0 Å². The van der Waals surface area contributed by atoms with Gasteiger partial charge in [0.2, 0.25) is 11.7 Å². The van der Waals surface area contributed by atoms with Crippen LogP contribution >= 0.6 is 0 Å². The van der Waals surface area contributed by atoms with Crippen molar-refractivity contribution < 1.29 is 9.26 Å². The number of ether oxygens (including phenoxy) is 1. The predicted octanol–water partition coefficient (Wildman–Crippen LogP) is 2.71. The fourth-order valence-electron chi connectivity index (χ4n) is 2.52. The molecule has 0 amide bonds. The zero-order chi connectivity index (χ0) is 14.3. The van der Waals surface area contributed by atoms with E-state index in [0.717, 1.165) is 25.7 Å². The van der Waals surface area contributed by atoms with Crippen LogP contribution in [-0.4, -0.2) is 17.3 Å². The summed E-state index contributed by atoms with van der Waals surface area (Å²) < 4.78 is 11.1. The Hall–Kier alpha value is -0.940. The van der Waals surface area contributed by atoms with Crippen molar-refractivity contribution in [1.29, 1.82) is 0 Å². The van der Waals surface area contributed by atoms with Crippen LogP contribution in [0.15, 0.2) is 4.52 Å². The van der Waals surface area contributed by atoms with E-state index >= 15 is 0 Å². The molecule has 19 heavy (non-hydrogen) atoms. The molecule has 5 heteroatoms. The number of nitrogens with zero attached hydrogens (tertiary/aromatic N) is 2. The minimum atomic E-state index is -0.617. The number of hydrogen-bond acceptors (Lipinski definition) is 5. The van der Waals surface area contributed by atoms with Gasteiger partial charge in [-0.15, -0.1) is 0 Å². The highest BCUT2D eigenvalue weighted by Crippen LogP contribution is 2.46. The minimum absolute atomic E-state index is 0.363. The van der Waals surface area contributed by atoms with Gasteiger partial charge in [0.05, 0.1) is 5.54 Å². The van der Waals surface area contributed by atoms with Gasteiger partial charge in [0, 0.05) is 7.11 Å². The molecule has 1 heterocycles. The van der Waals surface area contributed by atoms with Gasteiger partial charge in [-0.25, -0.2) is 0 Å². The Balaban J connectivity index is 2.26. The van der Waals surface area contributed by atoms with Crippen molar-refractivity contribution in [2.45, 2.75) is 64.5 Å². The van der Waals surface area contributed by atoms with Crippen LogP contribution < -0.4 is 5.73 Å².